The molecule has 0 saturated heterocycles. The number of allylic oxidation sites excluding steroid dienone is 4. The highest BCUT2D eigenvalue weighted by atomic mass is 16.3. The van der Waals surface area contributed by atoms with Gasteiger partial charge in [0.15, 0.2) is 11.2 Å². The van der Waals surface area contributed by atoms with Gasteiger partial charge in [-0.1, -0.05) is 195 Å². The van der Waals surface area contributed by atoms with Crippen LogP contribution in [0.1, 0.15) is 34.7 Å². The number of hydrogen-bond acceptors (Lipinski definition) is 4. The summed E-state index contributed by atoms with van der Waals surface area (Å²) in [7, 11) is 0. The van der Waals surface area contributed by atoms with Gasteiger partial charge in [-0.25, -0.2) is 0 Å². The molecule has 2 aromatic heterocycles. The van der Waals surface area contributed by atoms with Gasteiger partial charge in [0.05, 0.1) is 16.8 Å². The zero-order valence-corrected chi connectivity index (χ0v) is 47.2. The number of nitrogens with zero attached hydrogens (tertiary/aromatic N) is 2. The Labute approximate surface area is 498 Å². The zero-order chi connectivity index (χ0) is 57.0. The van der Waals surface area contributed by atoms with Gasteiger partial charge >= 0.3 is 0 Å². The van der Waals surface area contributed by atoms with Crippen molar-refractivity contribution in [3.05, 3.63) is 337 Å². The first kappa shape index (κ1) is 49.4. The Hall–Kier alpha value is -11.2. The van der Waals surface area contributed by atoms with E-state index in [1.165, 1.54) is 71.6 Å². The SMILES string of the molecule is C=C/C(=C\C=C(/C)c1ccc2cc3c(cc2c1)C1(c2ccccc2-c2ccccc21)c1cc2cc(-c4ccc(N(c5ccccc5)c5cccc6c5oc5ccccc56)cc4)ccc2cc1-3)N(c1ccccc1)c1cccc2c1oc1ccccc12. The van der Waals surface area contributed by atoms with Crippen LogP contribution in [-0.4, -0.2) is 0 Å². The second kappa shape index (κ2) is 19.5. The summed E-state index contributed by atoms with van der Waals surface area (Å²) in [5.41, 5.74) is 23.9. The van der Waals surface area contributed by atoms with E-state index < -0.39 is 5.41 Å². The second-order valence-corrected chi connectivity index (χ2v) is 22.8. The second-order valence-electron chi connectivity index (χ2n) is 22.8. The highest BCUT2D eigenvalue weighted by Gasteiger charge is 2.52. The molecule has 404 valence electrons. The molecule has 0 N–H and O–H groups in total. The summed E-state index contributed by atoms with van der Waals surface area (Å²) in [5, 5.41) is 9.22. The number of hydrogen-bond donors (Lipinski definition) is 0. The lowest BCUT2D eigenvalue weighted by Gasteiger charge is -2.31. The van der Waals surface area contributed by atoms with E-state index in [1.807, 2.05) is 30.3 Å². The van der Waals surface area contributed by atoms with Gasteiger partial charge in [0.25, 0.3) is 0 Å². The molecule has 0 fully saturated rings. The minimum absolute atomic E-state index is 0.534. The average molecular weight is 1100 g/mol. The van der Waals surface area contributed by atoms with Gasteiger partial charge in [0.2, 0.25) is 0 Å². The van der Waals surface area contributed by atoms with Crippen molar-refractivity contribution in [2.24, 2.45) is 0 Å². The first-order valence-electron chi connectivity index (χ1n) is 29.5. The lowest BCUT2D eigenvalue weighted by Crippen LogP contribution is -2.25. The maximum absolute atomic E-state index is 6.61. The van der Waals surface area contributed by atoms with Crippen LogP contribution in [0.4, 0.5) is 28.4 Å². The van der Waals surface area contributed by atoms with Crippen LogP contribution in [0, 0.1) is 0 Å². The quantitative estimate of drug-likeness (QED) is 0.128. The normalized spacial score (nSPS) is 13.2. The summed E-state index contributed by atoms with van der Waals surface area (Å²) in [5.74, 6) is 0. The fraction of sp³-hybridized carbons (Fsp3) is 0.0244. The Morgan fingerprint density at radius 1 is 0.372 bits per heavy atom. The third kappa shape index (κ3) is 7.49. The van der Waals surface area contributed by atoms with E-state index in [-0.39, 0.29) is 0 Å². The summed E-state index contributed by atoms with van der Waals surface area (Å²) >= 11 is 0. The molecular formula is C82H54N2O2. The number of para-hydroxylation sites is 6. The monoisotopic (exact) mass is 1100 g/mol. The van der Waals surface area contributed by atoms with Crippen molar-refractivity contribution >= 4 is 99.4 Å². The van der Waals surface area contributed by atoms with Gasteiger partial charge in [0.1, 0.15) is 11.2 Å². The Morgan fingerprint density at radius 2 is 0.872 bits per heavy atom. The van der Waals surface area contributed by atoms with E-state index in [9.17, 15) is 0 Å². The zero-order valence-electron chi connectivity index (χ0n) is 47.2. The number of furan rings is 2. The molecule has 4 heteroatoms. The summed E-state index contributed by atoms with van der Waals surface area (Å²) in [6.07, 6.45) is 6.33. The predicted octanol–water partition coefficient (Wildman–Crippen LogP) is 22.6. The molecule has 0 radical (unpaired) electrons. The summed E-state index contributed by atoms with van der Waals surface area (Å²) < 4.78 is 13.2. The maximum atomic E-state index is 6.61. The number of benzene rings is 13. The molecule has 17 rings (SSSR count). The molecule has 2 aliphatic rings. The molecule has 1 spiro atoms. The fourth-order valence-corrected chi connectivity index (χ4v) is 14.2. The Balaban J connectivity index is 0.765. The molecule has 0 amide bonds. The highest BCUT2D eigenvalue weighted by molar-refractivity contribution is 6.12. The average Bonchev–Trinajstić information content (AvgIpc) is 1.52. The Kier molecular flexibility index (Phi) is 11.2. The topological polar surface area (TPSA) is 32.8 Å². The largest absolute Gasteiger partial charge is 0.454 e. The van der Waals surface area contributed by atoms with Gasteiger partial charge in [-0.2, -0.15) is 0 Å². The molecule has 0 aliphatic heterocycles. The third-order valence-electron chi connectivity index (χ3n) is 18.2. The van der Waals surface area contributed by atoms with E-state index in [1.54, 1.807) is 0 Å². The molecule has 2 aliphatic carbocycles. The number of anilines is 5. The van der Waals surface area contributed by atoms with E-state index in [0.717, 1.165) is 94.7 Å². The van der Waals surface area contributed by atoms with Crippen LogP contribution in [0.25, 0.3) is 104 Å². The summed E-state index contributed by atoms with van der Waals surface area (Å²) in [4.78, 5) is 4.55. The van der Waals surface area contributed by atoms with Crippen molar-refractivity contribution in [1.29, 1.82) is 0 Å². The van der Waals surface area contributed by atoms with Crippen LogP contribution in [-0.2, 0) is 5.41 Å². The summed E-state index contributed by atoms with van der Waals surface area (Å²) in [6, 6.07) is 101. The van der Waals surface area contributed by atoms with E-state index >= 15 is 0 Å². The number of fused-ring (bicyclic) bond motifs is 18. The smallest absolute Gasteiger partial charge is 0.159 e. The van der Waals surface area contributed by atoms with Crippen molar-refractivity contribution in [2.75, 3.05) is 9.80 Å². The predicted molar refractivity (Wildman–Crippen MR) is 359 cm³/mol. The highest BCUT2D eigenvalue weighted by Crippen LogP contribution is 2.64. The summed E-state index contributed by atoms with van der Waals surface area (Å²) in [6.45, 7) is 6.57. The van der Waals surface area contributed by atoms with Gasteiger partial charge in [-0.05, 0) is 204 Å². The molecule has 2 heterocycles. The lowest BCUT2D eigenvalue weighted by molar-refractivity contribution is 0.668. The number of rotatable bonds is 10. The van der Waals surface area contributed by atoms with Crippen LogP contribution in [0.15, 0.2) is 318 Å². The van der Waals surface area contributed by atoms with Crippen LogP contribution < -0.4 is 9.80 Å². The van der Waals surface area contributed by atoms with Crippen molar-refractivity contribution in [1.82, 2.24) is 0 Å². The van der Waals surface area contributed by atoms with Gasteiger partial charge in [-0.3, -0.25) is 0 Å². The molecule has 0 unspecified atom stereocenters. The van der Waals surface area contributed by atoms with Gasteiger partial charge in [-0.15, -0.1) is 0 Å². The molecule has 0 saturated carbocycles. The molecule has 15 aromatic rings. The molecule has 0 bridgehead atoms. The Bertz CT molecular complexity index is 5290. The van der Waals surface area contributed by atoms with Crippen LogP contribution in [0.2, 0.25) is 0 Å². The van der Waals surface area contributed by atoms with Crippen LogP contribution >= 0.6 is 0 Å². The van der Waals surface area contributed by atoms with Crippen LogP contribution in [0.3, 0.4) is 0 Å². The van der Waals surface area contributed by atoms with E-state index in [0.29, 0.717) is 0 Å². The van der Waals surface area contributed by atoms with Gasteiger partial charge in [0, 0.05) is 44.3 Å². The fourth-order valence-electron chi connectivity index (χ4n) is 14.2. The minimum atomic E-state index is -0.534. The van der Waals surface area contributed by atoms with Crippen LogP contribution in [0.5, 0.6) is 0 Å². The first-order chi connectivity index (χ1) is 42.5. The molecule has 13 aromatic carbocycles. The molecular weight excluding hydrogens is 1040 g/mol. The van der Waals surface area contributed by atoms with Crippen molar-refractivity contribution in [2.45, 2.75) is 12.3 Å². The standard InChI is InChI=1S/C82H54N2O2/c1-3-60(83(61-20-6-4-7-21-61)76-32-18-28-68-66-26-12-16-34-78(66)85-80(68)76)43-36-52(2)54-37-38-56-48-70-71-49-57-40-39-55(47-59(57)51-75(71)82(74(70)50-58(56)46-54)72-30-14-10-24-64(72)65-25-11-15-31-73(65)82)53-41-44-63(45-42-53)84(62-22-8-5-9-23-62)77-33-19-29-69-67-27-13-17-35-79(67)86-81(69)77/h3-51H,1H2,2H3/b52-36+,60-43+. The molecule has 4 nitrogen and oxygen atoms in total. The maximum Gasteiger partial charge on any atom is 0.159 e. The van der Waals surface area contributed by atoms with Crippen molar-refractivity contribution in [3.63, 3.8) is 0 Å². The van der Waals surface area contributed by atoms with E-state index in [4.69, 9.17) is 8.83 Å². The third-order valence-corrected chi connectivity index (χ3v) is 18.2. The molecule has 86 heavy (non-hydrogen) atoms. The van der Waals surface area contributed by atoms with Crippen molar-refractivity contribution in [3.8, 4) is 33.4 Å². The first-order valence-corrected chi connectivity index (χ1v) is 29.5. The Morgan fingerprint density at radius 3 is 1.50 bits per heavy atom. The molecule has 0 atom stereocenters. The lowest BCUT2D eigenvalue weighted by atomic mass is 9.70. The minimum Gasteiger partial charge on any atom is -0.454 e. The van der Waals surface area contributed by atoms with Gasteiger partial charge < -0.3 is 18.6 Å². The van der Waals surface area contributed by atoms with E-state index in [2.05, 4.69) is 290 Å². The van der Waals surface area contributed by atoms with Crippen molar-refractivity contribution < 1.29 is 8.83 Å².